The topological polar surface area (TPSA) is 64.7 Å². The highest BCUT2D eigenvalue weighted by atomic mass is 15.1. The van der Waals surface area contributed by atoms with Crippen molar-refractivity contribution < 1.29 is 0 Å². The fraction of sp³-hybridized carbons (Fsp3) is 0.769. The predicted octanol–water partition coefficient (Wildman–Crippen LogP) is 2.77. The van der Waals surface area contributed by atoms with E-state index in [2.05, 4.69) is 9.97 Å². The largest absolute Gasteiger partial charge is 0.368 e. The van der Waals surface area contributed by atoms with E-state index < -0.39 is 0 Å². The van der Waals surface area contributed by atoms with E-state index >= 15 is 0 Å². The van der Waals surface area contributed by atoms with Crippen LogP contribution in [0.25, 0.3) is 0 Å². The van der Waals surface area contributed by atoms with Gasteiger partial charge in [0, 0.05) is 11.8 Å². The Labute approximate surface area is 102 Å². The van der Waals surface area contributed by atoms with Crippen LogP contribution in [0, 0.1) is 0 Å². The lowest BCUT2D eigenvalue weighted by molar-refractivity contribution is 0.613. The number of aromatic nitrogens is 3. The minimum Gasteiger partial charge on any atom is -0.368 e. The molecule has 0 unspecified atom stereocenters. The summed E-state index contributed by atoms with van der Waals surface area (Å²) in [7, 11) is 0. The normalized spacial score (nSPS) is 22.4. The molecule has 92 valence electrons. The highest BCUT2D eigenvalue weighted by Crippen LogP contribution is 2.35. The number of rotatable bonds is 2. The molecule has 0 aliphatic heterocycles. The SMILES string of the molecule is Nc1nc(C2CCCC2)nc(C2CCCC2)n1. The van der Waals surface area contributed by atoms with Crippen LogP contribution in [0.2, 0.25) is 0 Å². The molecule has 1 aromatic rings. The van der Waals surface area contributed by atoms with E-state index in [0.717, 1.165) is 11.6 Å². The first kappa shape index (κ1) is 10.9. The fourth-order valence-electron chi connectivity index (χ4n) is 3.16. The molecule has 1 aromatic heterocycles. The van der Waals surface area contributed by atoms with Crippen LogP contribution in [0.3, 0.4) is 0 Å². The summed E-state index contributed by atoms with van der Waals surface area (Å²) >= 11 is 0. The van der Waals surface area contributed by atoms with Gasteiger partial charge in [-0.3, -0.25) is 0 Å². The number of hydrogen-bond donors (Lipinski definition) is 1. The maximum absolute atomic E-state index is 5.83. The number of nitrogens with two attached hydrogens (primary N) is 1. The number of nitrogens with zero attached hydrogens (tertiary/aromatic N) is 3. The predicted molar refractivity (Wildman–Crippen MR) is 66.7 cm³/mol. The lowest BCUT2D eigenvalue weighted by atomic mass is 10.1. The molecular formula is C13H20N4. The Morgan fingerprint density at radius 1 is 0.706 bits per heavy atom. The van der Waals surface area contributed by atoms with Gasteiger partial charge in [-0.25, -0.2) is 4.98 Å². The van der Waals surface area contributed by atoms with E-state index in [0.29, 0.717) is 17.8 Å². The third-order valence-electron chi connectivity index (χ3n) is 4.13. The summed E-state index contributed by atoms with van der Waals surface area (Å²) in [4.78, 5) is 13.4. The third kappa shape index (κ3) is 2.26. The van der Waals surface area contributed by atoms with Crippen LogP contribution < -0.4 is 5.73 Å². The summed E-state index contributed by atoms with van der Waals surface area (Å²) in [5.41, 5.74) is 5.83. The van der Waals surface area contributed by atoms with Crippen molar-refractivity contribution in [1.29, 1.82) is 0 Å². The third-order valence-corrected chi connectivity index (χ3v) is 4.13. The summed E-state index contributed by atoms with van der Waals surface area (Å²) in [5, 5.41) is 0. The van der Waals surface area contributed by atoms with Gasteiger partial charge in [0.05, 0.1) is 0 Å². The van der Waals surface area contributed by atoms with Crippen LogP contribution in [0.1, 0.15) is 74.9 Å². The molecule has 0 amide bonds. The molecule has 0 bridgehead atoms. The first-order valence-corrected chi connectivity index (χ1v) is 6.84. The van der Waals surface area contributed by atoms with Crippen molar-refractivity contribution in [3.05, 3.63) is 11.6 Å². The molecule has 2 aliphatic rings. The summed E-state index contributed by atoms with van der Waals surface area (Å²) in [6.45, 7) is 0. The van der Waals surface area contributed by atoms with Crippen molar-refractivity contribution in [2.45, 2.75) is 63.2 Å². The lowest BCUT2D eigenvalue weighted by Crippen LogP contribution is -2.11. The van der Waals surface area contributed by atoms with Gasteiger partial charge < -0.3 is 5.73 Å². The monoisotopic (exact) mass is 232 g/mol. The van der Waals surface area contributed by atoms with E-state index in [9.17, 15) is 0 Å². The Kier molecular flexibility index (Phi) is 2.95. The second kappa shape index (κ2) is 4.59. The second-order valence-corrected chi connectivity index (χ2v) is 5.37. The smallest absolute Gasteiger partial charge is 0.223 e. The molecule has 1 heterocycles. The number of anilines is 1. The van der Waals surface area contributed by atoms with Gasteiger partial charge in [-0.1, -0.05) is 25.7 Å². The molecule has 0 saturated heterocycles. The van der Waals surface area contributed by atoms with Crippen molar-refractivity contribution in [1.82, 2.24) is 15.0 Å². The van der Waals surface area contributed by atoms with E-state index in [1.807, 2.05) is 0 Å². The molecule has 2 N–H and O–H groups in total. The van der Waals surface area contributed by atoms with Gasteiger partial charge in [0.15, 0.2) is 0 Å². The van der Waals surface area contributed by atoms with Gasteiger partial charge in [-0.05, 0) is 25.7 Å². The van der Waals surface area contributed by atoms with Gasteiger partial charge in [0.25, 0.3) is 0 Å². The maximum atomic E-state index is 5.83. The average molecular weight is 232 g/mol. The molecule has 4 heteroatoms. The first-order valence-electron chi connectivity index (χ1n) is 6.84. The van der Waals surface area contributed by atoms with Gasteiger partial charge in [0.1, 0.15) is 11.6 Å². The van der Waals surface area contributed by atoms with Crippen molar-refractivity contribution in [3.8, 4) is 0 Å². The molecule has 0 atom stereocenters. The molecule has 2 fully saturated rings. The van der Waals surface area contributed by atoms with Crippen LogP contribution in [0.15, 0.2) is 0 Å². The summed E-state index contributed by atoms with van der Waals surface area (Å²) in [6.07, 6.45) is 10.1. The Bertz CT molecular complexity index is 358. The van der Waals surface area contributed by atoms with E-state index in [1.165, 1.54) is 51.4 Å². The Morgan fingerprint density at radius 3 is 1.53 bits per heavy atom. The number of hydrogen-bond acceptors (Lipinski definition) is 4. The van der Waals surface area contributed by atoms with Crippen molar-refractivity contribution in [3.63, 3.8) is 0 Å². The van der Waals surface area contributed by atoms with Gasteiger partial charge in [-0.2, -0.15) is 9.97 Å². The Hall–Kier alpha value is -1.19. The minimum absolute atomic E-state index is 0.420. The molecule has 3 rings (SSSR count). The lowest BCUT2D eigenvalue weighted by Gasteiger charge is -2.12. The van der Waals surface area contributed by atoms with Crippen LogP contribution in [0.4, 0.5) is 5.95 Å². The molecule has 0 radical (unpaired) electrons. The van der Waals surface area contributed by atoms with Gasteiger partial charge >= 0.3 is 0 Å². The Morgan fingerprint density at radius 2 is 1.12 bits per heavy atom. The molecule has 2 saturated carbocycles. The number of nitrogen functional groups attached to an aromatic ring is 1. The highest BCUT2D eigenvalue weighted by molar-refractivity contribution is 5.19. The summed E-state index contributed by atoms with van der Waals surface area (Å²) < 4.78 is 0. The second-order valence-electron chi connectivity index (χ2n) is 5.37. The minimum atomic E-state index is 0.420. The molecular weight excluding hydrogens is 212 g/mol. The van der Waals surface area contributed by atoms with Crippen molar-refractivity contribution in [2.75, 3.05) is 5.73 Å². The first-order chi connectivity index (χ1) is 8.33. The maximum Gasteiger partial charge on any atom is 0.223 e. The van der Waals surface area contributed by atoms with Crippen molar-refractivity contribution >= 4 is 5.95 Å². The van der Waals surface area contributed by atoms with E-state index in [1.54, 1.807) is 0 Å². The molecule has 0 aromatic carbocycles. The quantitative estimate of drug-likeness (QED) is 0.851. The molecule has 17 heavy (non-hydrogen) atoms. The van der Waals surface area contributed by atoms with E-state index in [-0.39, 0.29) is 0 Å². The fourth-order valence-corrected chi connectivity index (χ4v) is 3.16. The van der Waals surface area contributed by atoms with Crippen molar-refractivity contribution in [2.24, 2.45) is 0 Å². The summed E-state index contributed by atoms with van der Waals surface area (Å²) in [5.74, 6) is 3.39. The Balaban J connectivity index is 1.88. The van der Waals surface area contributed by atoms with Gasteiger partial charge in [0.2, 0.25) is 5.95 Å². The highest BCUT2D eigenvalue weighted by Gasteiger charge is 2.24. The van der Waals surface area contributed by atoms with Crippen LogP contribution in [-0.4, -0.2) is 15.0 Å². The molecule has 0 spiro atoms. The standard InChI is InChI=1S/C13H20N4/c14-13-16-11(9-5-1-2-6-9)15-12(17-13)10-7-3-4-8-10/h9-10H,1-8H2,(H2,14,15,16,17). The zero-order valence-corrected chi connectivity index (χ0v) is 10.2. The zero-order valence-electron chi connectivity index (χ0n) is 10.2. The summed E-state index contributed by atoms with van der Waals surface area (Å²) in [6, 6.07) is 0. The molecule has 2 aliphatic carbocycles. The van der Waals surface area contributed by atoms with E-state index in [4.69, 9.17) is 10.7 Å². The van der Waals surface area contributed by atoms with Gasteiger partial charge in [-0.15, -0.1) is 0 Å². The van der Waals surface area contributed by atoms with Crippen LogP contribution >= 0.6 is 0 Å². The average Bonchev–Trinajstić information content (AvgIpc) is 3.02. The zero-order chi connectivity index (χ0) is 11.7. The van der Waals surface area contributed by atoms with Crippen LogP contribution in [-0.2, 0) is 0 Å². The van der Waals surface area contributed by atoms with Crippen LogP contribution in [0.5, 0.6) is 0 Å². The molecule has 4 nitrogen and oxygen atoms in total.